The van der Waals surface area contributed by atoms with Crippen LogP contribution in [0.1, 0.15) is 12.5 Å². The number of anilines is 2. The zero-order valence-electron chi connectivity index (χ0n) is 12.7. The van der Waals surface area contributed by atoms with Gasteiger partial charge in [-0.15, -0.1) is 0 Å². The Morgan fingerprint density at radius 1 is 1.26 bits per heavy atom. The van der Waals surface area contributed by atoms with Crippen molar-refractivity contribution in [1.82, 2.24) is 8.75 Å². The van der Waals surface area contributed by atoms with Crippen LogP contribution in [0, 0.1) is 0 Å². The maximum Gasteiger partial charge on any atom is 0.243 e. The lowest BCUT2D eigenvalue weighted by molar-refractivity contribution is -0.115. The number of carbonyl (C=O) groups is 1. The van der Waals surface area contributed by atoms with Crippen LogP contribution in [0.4, 0.5) is 11.4 Å². The SMILES string of the molecule is C[C@H]1Cc2ccccc2N1CC(=O)Nc1cccc2nsnc12. The first-order valence-electron chi connectivity index (χ1n) is 7.58. The van der Waals surface area contributed by atoms with Crippen molar-refractivity contribution in [2.24, 2.45) is 0 Å². The molecule has 1 aliphatic rings. The van der Waals surface area contributed by atoms with E-state index in [-0.39, 0.29) is 5.91 Å². The van der Waals surface area contributed by atoms with Crippen LogP contribution in [0.25, 0.3) is 11.0 Å². The molecule has 1 aromatic heterocycles. The van der Waals surface area contributed by atoms with Crippen LogP contribution in [0.2, 0.25) is 0 Å². The quantitative estimate of drug-likeness (QED) is 0.804. The number of nitrogens with zero attached hydrogens (tertiary/aromatic N) is 3. The molecule has 2 heterocycles. The Morgan fingerprint density at radius 2 is 2.13 bits per heavy atom. The summed E-state index contributed by atoms with van der Waals surface area (Å²) < 4.78 is 8.46. The molecule has 2 aromatic carbocycles. The average molecular weight is 324 g/mol. The number of fused-ring (bicyclic) bond motifs is 2. The second-order valence-electron chi connectivity index (χ2n) is 5.80. The molecular formula is C17H16N4OS. The van der Waals surface area contributed by atoms with E-state index in [1.807, 2.05) is 30.3 Å². The number of benzene rings is 2. The van der Waals surface area contributed by atoms with Crippen molar-refractivity contribution in [3.8, 4) is 0 Å². The molecule has 0 radical (unpaired) electrons. The molecule has 0 bridgehead atoms. The fourth-order valence-corrected chi connectivity index (χ4v) is 3.67. The van der Waals surface area contributed by atoms with E-state index in [0.29, 0.717) is 12.6 Å². The Balaban J connectivity index is 1.54. The van der Waals surface area contributed by atoms with E-state index < -0.39 is 0 Å². The molecule has 23 heavy (non-hydrogen) atoms. The van der Waals surface area contributed by atoms with E-state index in [1.165, 1.54) is 5.56 Å². The standard InChI is InChI=1S/C17H16N4OS/c1-11-9-12-5-2-3-8-15(12)21(11)10-16(22)18-13-6-4-7-14-17(13)20-23-19-14/h2-8,11H,9-10H2,1H3,(H,18,22)/t11-/m0/s1. The van der Waals surface area contributed by atoms with Crippen LogP contribution in [0.15, 0.2) is 42.5 Å². The van der Waals surface area contributed by atoms with Crippen LogP contribution in [-0.2, 0) is 11.2 Å². The third-order valence-corrected chi connectivity index (χ3v) is 4.77. The number of amides is 1. The summed E-state index contributed by atoms with van der Waals surface area (Å²) in [5, 5.41) is 2.97. The molecule has 4 rings (SSSR count). The lowest BCUT2D eigenvalue weighted by Crippen LogP contribution is -2.37. The number of carbonyl (C=O) groups excluding carboxylic acids is 1. The van der Waals surface area contributed by atoms with Gasteiger partial charge in [-0.25, -0.2) is 0 Å². The molecular weight excluding hydrogens is 308 g/mol. The van der Waals surface area contributed by atoms with Crippen LogP contribution in [0.3, 0.4) is 0 Å². The molecule has 1 aliphatic heterocycles. The summed E-state index contributed by atoms with van der Waals surface area (Å²) in [6, 6.07) is 14.2. The second kappa shape index (κ2) is 5.62. The summed E-state index contributed by atoms with van der Waals surface area (Å²) in [5.74, 6) is -0.0333. The van der Waals surface area contributed by atoms with Crippen molar-refractivity contribution < 1.29 is 4.79 Å². The van der Waals surface area contributed by atoms with Gasteiger partial charge in [0.1, 0.15) is 11.0 Å². The van der Waals surface area contributed by atoms with Gasteiger partial charge in [-0.05, 0) is 37.1 Å². The number of rotatable bonds is 3. The first-order chi connectivity index (χ1) is 11.2. The number of para-hydroxylation sites is 1. The predicted octanol–water partition coefficient (Wildman–Crippen LogP) is 3.08. The monoisotopic (exact) mass is 324 g/mol. The minimum atomic E-state index is -0.0333. The van der Waals surface area contributed by atoms with E-state index in [2.05, 4.69) is 38.0 Å². The number of hydrogen-bond acceptors (Lipinski definition) is 5. The van der Waals surface area contributed by atoms with Crippen LogP contribution >= 0.6 is 11.7 Å². The Labute approximate surface area is 138 Å². The smallest absolute Gasteiger partial charge is 0.243 e. The summed E-state index contributed by atoms with van der Waals surface area (Å²) in [7, 11) is 0. The molecule has 5 nitrogen and oxygen atoms in total. The van der Waals surface area contributed by atoms with Crippen molar-refractivity contribution in [3.63, 3.8) is 0 Å². The fourth-order valence-electron chi connectivity index (χ4n) is 3.12. The molecule has 0 fully saturated rings. The van der Waals surface area contributed by atoms with Crippen molar-refractivity contribution in [1.29, 1.82) is 0 Å². The number of hydrogen-bond donors (Lipinski definition) is 1. The Kier molecular flexibility index (Phi) is 3.46. The van der Waals surface area contributed by atoms with E-state index in [0.717, 1.165) is 40.6 Å². The lowest BCUT2D eigenvalue weighted by Gasteiger charge is -2.24. The summed E-state index contributed by atoms with van der Waals surface area (Å²) in [5.41, 5.74) is 4.75. The maximum absolute atomic E-state index is 12.5. The minimum absolute atomic E-state index is 0.0333. The Bertz CT molecular complexity index is 876. The molecule has 0 unspecified atom stereocenters. The van der Waals surface area contributed by atoms with Gasteiger partial charge >= 0.3 is 0 Å². The topological polar surface area (TPSA) is 58.1 Å². The summed E-state index contributed by atoms with van der Waals surface area (Å²) in [6.07, 6.45) is 0.981. The summed E-state index contributed by atoms with van der Waals surface area (Å²) in [4.78, 5) is 14.6. The van der Waals surface area contributed by atoms with Gasteiger partial charge in [0.15, 0.2) is 0 Å². The number of nitrogens with one attached hydrogen (secondary N) is 1. The van der Waals surface area contributed by atoms with Gasteiger partial charge in [-0.3, -0.25) is 4.79 Å². The Hall–Kier alpha value is -2.47. The molecule has 0 saturated heterocycles. The molecule has 3 aromatic rings. The summed E-state index contributed by atoms with van der Waals surface area (Å²) in [6.45, 7) is 2.49. The normalized spacial score (nSPS) is 16.6. The highest BCUT2D eigenvalue weighted by atomic mass is 32.1. The van der Waals surface area contributed by atoms with Gasteiger partial charge in [0, 0.05) is 11.7 Å². The molecule has 116 valence electrons. The molecule has 0 aliphatic carbocycles. The Morgan fingerprint density at radius 3 is 3.04 bits per heavy atom. The van der Waals surface area contributed by atoms with Gasteiger partial charge in [0.05, 0.1) is 24.0 Å². The van der Waals surface area contributed by atoms with Crippen molar-refractivity contribution >= 4 is 40.0 Å². The minimum Gasteiger partial charge on any atom is -0.359 e. The molecule has 0 saturated carbocycles. The first-order valence-corrected chi connectivity index (χ1v) is 8.31. The maximum atomic E-state index is 12.5. The third-order valence-electron chi connectivity index (χ3n) is 4.22. The van der Waals surface area contributed by atoms with E-state index in [4.69, 9.17) is 0 Å². The fraction of sp³-hybridized carbons (Fsp3) is 0.235. The van der Waals surface area contributed by atoms with Crippen LogP contribution in [0.5, 0.6) is 0 Å². The zero-order chi connectivity index (χ0) is 15.8. The van der Waals surface area contributed by atoms with E-state index in [1.54, 1.807) is 0 Å². The number of aromatic nitrogens is 2. The second-order valence-corrected chi connectivity index (χ2v) is 6.32. The molecule has 1 atom stereocenters. The highest BCUT2D eigenvalue weighted by Crippen LogP contribution is 2.31. The van der Waals surface area contributed by atoms with Crippen LogP contribution < -0.4 is 10.2 Å². The van der Waals surface area contributed by atoms with Crippen LogP contribution in [-0.4, -0.2) is 27.2 Å². The van der Waals surface area contributed by atoms with Crippen molar-refractivity contribution in [3.05, 3.63) is 48.0 Å². The van der Waals surface area contributed by atoms with Crippen molar-refractivity contribution in [2.75, 3.05) is 16.8 Å². The van der Waals surface area contributed by atoms with E-state index >= 15 is 0 Å². The summed E-state index contributed by atoms with van der Waals surface area (Å²) >= 11 is 1.16. The molecule has 6 heteroatoms. The highest BCUT2D eigenvalue weighted by molar-refractivity contribution is 7.00. The van der Waals surface area contributed by atoms with Gasteiger partial charge in [0.25, 0.3) is 0 Å². The molecule has 1 N–H and O–H groups in total. The molecule has 0 spiro atoms. The predicted molar refractivity (Wildman–Crippen MR) is 93.0 cm³/mol. The third kappa shape index (κ3) is 2.55. The average Bonchev–Trinajstić information content (AvgIpc) is 3.13. The van der Waals surface area contributed by atoms with Gasteiger partial charge in [0.2, 0.25) is 5.91 Å². The lowest BCUT2D eigenvalue weighted by atomic mass is 10.1. The largest absolute Gasteiger partial charge is 0.359 e. The van der Waals surface area contributed by atoms with Gasteiger partial charge in [-0.1, -0.05) is 24.3 Å². The van der Waals surface area contributed by atoms with Crippen molar-refractivity contribution in [2.45, 2.75) is 19.4 Å². The zero-order valence-corrected chi connectivity index (χ0v) is 13.5. The van der Waals surface area contributed by atoms with Gasteiger partial charge in [-0.2, -0.15) is 8.75 Å². The first kappa shape index (κ1) is 14.1. The van der Waals surface area contributed by atoms with Gasteiger partial charge < -0.3 is 10.2 Å². The molecule has 1 amide bonds. The van der Waals surface area contributed by atoms with E-state index in [9.17, 15) is 4.79 Å². The highest BCUT2D eigenvalue weighted by Gasteiger charge is 2.27.